The first-order valence-electron chi connectivity index (χ1n) is 10.4. The fourth-order valence-electron chi connectivity index (χ4n) is 4.75. The largest absolute Gasteiger partial charge is 0.383 e. The molecule has 1 aromatic heterocycles. The molecule has 1 heterocycles. The van der Waals surface area contributed by atoms with E-state index in [-0.39, 0.29) is 0 Å². The molecule has 0 spiro atoms. The standard InChI is InChI=1S/C22H33N3O/c1-26-13-12-23-15-16-10-11-20-19(14-16)18-8-5-9-21(22(18)25-20)24-17-6-3-2-4-7-17/h10-11,14,17,21,23-25H,2-9,12-13,15H2,1H3. The summed E-state index contributed by atoms with van der Waals surface area (Å²) in [5.74, 6) is 0. The van der Waals surface area contributed by atoms with E-state index in [1.807, 2.05) is 0 Å². The van der Waals surface area contributed by atoms with E-state index in [1.165, 1.54) is 73.5 Å². The number of aromatic amines is 1. The molecule has 0 saturated heterocycles. The van der Waals surface area contributed by atoms with Gasteiger partial charge in [-0.1, -0.05) is 25.3 Å². The third-order valence-electron chi connectivity index (χ3n) is 6.13. The summed E-state index contributed by atoms with van der Waals surface area (Å²) in [4.78, 5) is 3.76. The first kappa shape index (κ1) is 18.0. The Morgan fingerprint density at radius 1 is 1.12 bits per heavy atom. The second-order valence-corrected chi connectivity index (χ2v) is 8.01. The number of hydrogen-bond acceptors (Lipinski definition) is 3. The molecule has 1 fully saturated rings. The van der Waals surface area contributed by atoms with Gasteiger partial charge in [-0.3, -0.25) is 0 Å². The van der Waals surface area contributed by atoms with Crippen LogP contribution in [0.5, 0.6) is 0 Å². The first-order valence-corrected chi connectivity index (χ1v) is 10.4. The molecule has 0 amide bonds. The van der Waals surface area contributed by atoms with Gasteiger partial charge in [-0.05, 0) is 55.4 Å². The smallest absolute Gasteiger partial charge is 0.0587 e. The number of fused-ring (bicyclic) bond motifs is 3. The van der Waals surface area contributed by atoms with Crippen LogP contribution in [0.2, 0.25) is 0 Å². The zero-order valence-electron chi connectivity index (χ0n) is 16.1. The monoisotopic (exact) mass is 355 g/mol. The molecule has 4 heteroatoms. The van der Waals surface area contributed by atoms with Gasteiger partial charge >= 0.3 is 0 Å². The Morgan fingerprint density at radius 3 is 2.85 bits per heavy atom. The zero-order chi connectivity index (χ0) is 17.8. The number of rotatable bonds is 7. The van der Waals surface area contributed by atoms with Gasteiger partial charge in [0.2, 0.25) is 0 Å². The first-order chi connectivity index (χ1) is 12.8. The molecule has 2 aromatic rings. The van der Waals surface area contributed by atoms with Crippen molar-refractivity contribution in [1.29, 1.82) is 0 Å². The molecule has 1 unspecified atom stereocenters. The van der Waals surface area contributed by atoms with E-state index in [9.17, 15) is 0 Å². The Kier molecular flexibility index (Phi) is 5.93. The van der Waals surface area contributed by atoms with Gasteiger partial charge in [0.25, 0.3) is 0 Å². The van der Waals surface area contributed by atoms with Crippen LogP contribution >= 0.6 is 0 Å². The second-order valence-electron chi connectivity index (χ2n) is 8.01. The molecule has 0 bridgehead atoms. The molecule has 1 atom stereocenters. The van der Waals surface area contributed by atoms with Crippen molar-refractivity contribution < 1.29 is 4.74 Å². The topological polar surface area (TPSA) is 49.1 Å². The molecule has 1 aromatic carbocycles. The van der Waals surface area contributed by atoms with Crippen molar-refractivity contribution in [3.05, 3.63) is 35.0 Å². The molecule has 3 N–H and O–H groups in total. The second kappa shape index (κ2) is 8.55. The van der Waals surface area contributed by atoms with Gasteiger partial charge in [0.05, 0.1) is 6.61 Å². The molecule has 2 aliphatic carbocycles. The minimum absolute atomic E-state index is 0.512. The Bertz CT molecular complexity index is 717. The fourth-order valence-corrected chi connectivity index (χ4v) is 4.75. The van der Waals surface area contributed by atoms with E-state index in [0.717, 1.165) is 19.7 Å². The van der Waals surface area contributed by atoms with Crippen LogP contribution in [0.1, 0.15) is 67.8 Å². The fraction of sp³-hybridized carbons (Fsp3) is 0.636. The molecule has 142 valence electrons. The number of methoxy groups -OCH3 is 1. The highest BCUT2D eigenvalue weighted by Crippen LogP contribution is 2.36. The maximum atomic E-state index is 5.11. The number of aromatic nitrogens is 1. The molecular formula is C22H33N3O. The Labute approximate surface area is 157 Å². The van der Waals surface area contributed by atoms with E-state index in [4.69, 9.17) is 4.74 Å². The van der Waals surface area contributed by atoms with E-state index in [0.29, 0.717) is 12.1 Å². The molecule has 2 aliphatic rings. The van der Waals surface area contributed by atoms with E-state index in [2.05, 4.69) is 33.8 Å². The van der Waals surface area contributed by atoms with Crippen molar-refractivity contribution in [1.82, 2.24) is 15.6 Å². The van der Waals surface area contributed by atoms with E-state index < -0.39 is 0 Å². The predicted octanol–water partition coefficient (Wildman–Crippen LogP) is 4.20. The van der Waals surface area contributed by atoms with Crippen LogP contribution in [0, 0.1) is 0 Å². The lowest BCUT2D eigenvalue weighted by molar-refractivity contribution is 0.199. The number of nitrogens with one attached hydrogen (secondary N) is 3. The quantitative estimate of drug-likeness (QED) is 0.652. The average Bonchev–Trinajstić information content (AvgIpc) is 3.05. The lowest BCUT2D eigenvalue weighted by Gasteiger charge is -2.31. The third-order valence-corrected chi connectivity index (χ3v) is 6.13. The Balaban J connectivity index is 1.51. The number of hydrogen-bond donors (Lipinski definition) is 3. The lowest BCUT2D eigenvalue weighted by atomic mass is 9.89. The maximum Gasteiger partial charge on any atom is 0.0587 e. The highest BCUT2D eigenvalue weighted by molar-refractivity contribution is 5.85. The summed E-state index contributed by atoms with van der Waals surface area (Å²) in [5, 5.41) is 8.87. The molecule has 0 aliphatic heterocycles. The minimum atomic E-state index is 0.512. The summed E-state index contributed by atoms with van der Waals surface area (Å²) in [6.07, 6.45) is 10.7. The van der Waals surface area contributed by atoms with Crippen molar-refractivity contribution in [3.8, 4) is 0 Å². The number of H-pyrrole nitrogens is 1. The van der Waals surface area contributed by atoms with Gasteiger partial charge in [-0.25, -0.2) is 0 Å². The summed E-state index contributed by atoms with van der Waals surface area (Å²) in [5.41, 5.74) is 5.67. The van der Waals surface area contributed by atoms with Crippen LogP contribution in [-0.2, 0) is 17.7 Å². The van der Waals surface area contributed by atoms with E-state index in [1.54, 1.807) is 12.7 Å². The van der Waals surface area contributed by atoms with Gasteiger partial charge in [0.1, 0.15) is 0 Å². The number of aryl methyl sites for hydroxylation is 1. The lowest BCUT2D eigenvalue weighted by Crippen LogP contribution is -2.36. The van der Waals surface area contributed by atoms with Gasteiger partial charge in [-0.15, -0.1) is 0 Å². The summed E-state index contributed by atoms with van der Waals surface area (Å²) in [6, 6.07) is 8.11. The number of ether oxygens (including phenoxy) is 1. The molecule has 1 saturated carbocycles. The van der Waals surface area contributed by atoms with Gasteiger partial charge < -0.3 is 20.4 Å². The zero-order valence-corrected chi connectivity index (χ0v) is 16.1. The number of benzene rings is 1. The van der Waals surface area contributed by atoms with Crippen molar-refractivity contribution in [3.63, 3.8) is 0 Å². The van der Waals surface area contributed by atoms with Crippen molar-refractivity contribution >= 4 is 10.9 Å². The normalized spacial score (nSPS) is 21.2. The van der Waals surface area contributed by atoms with Crippen LogP contribution in [0.4, 0.5) is 0 Å². The van der Waals surface area contributed by atoms with Crippen LogP contribution < -0.4 is 10.6 Å². The van der Waals surface area contributed by atoms with Crippen molar-refractivity contribution in [2.24, 2.45) is 0 Å². The molecule has 4 rings (SSSR count). The van der Waals surface area contributed by atoms with Crippen LogP contribution in [0.15, 0.2) is 18.2 Å². The van der Waals surface area contributed by atoms with Gasteiger partial charge in [0.15, 0.2) is 0 Å². The molecule has 26 heavy (non-hydrogen) atoms. The SMILES string of the molecule is COCCNCc1ccc2[nH]c3c(c2c1)CCCC3NC1CCCCC1. The van der Waals surface area contributed by atoms with Crippen LogP contribution in [-0.4, -0.2) is 31.3 Å². The molecule has 0 radical (unpaired) electrons. The molecule has 4 nitrogen and oxygen atoms in total. The third kappa shape index (κ3) is 3.98. The average molecular weight is 356 g/mol. The summed E-state index contributed by atoms with van der Waals surface area (Å²) in [6.45, 7) is 2.56. The predicted molar refractivity (Wildman–Crippen MR) is 108 cm³/mol. The van der Waals surface area contributed by atoms with Crippen molar-refractivity contribution in [2.45, 2.75) is 70.0 Å². The summed E-state index contributed by atoms with van der Waals surface area (Å²) in [7, 11) is 1.75. The summed E-state index contributed by atoms with van der Waals surface area (Å²) >= 11 is 0. The molecular weight excluding hydrogens is 322 g/mol. The van der Waals surface area contributed by atoms with Crippen molar-refractivity contribution in [2.75, 3.05) is 20.3 Å². The highest BCUT2D eigenvalue weighted by Gasteiger charge is 2.26. The van der Waals surface area contributed by atoms with E-state index >= 15 is 0 Å². The minimum Gasteiger partial charge on any atom is -0.383 e. The summed E-state index contributed by atoms with van der Waals surface area (Å²) < 4.78 is 5.11. The van der Waals surface area contributed by atoms with Crippen LogP contribution in [0.3, 0.4) is 0 Å². The Morgan fingerprint density at radius 2 is 2.00 bits per heavy atom. The Hall–Kier alpha value is -1.36. The van der Waals surface area contributed by atoms with Gasteiger partial charge in [0, 0.05) is 48.9 Å². The highest BCUT2D eigenvalue weighted by atomic mass is 16.5. The van der Waals surface area contributed by atoms with Gasteiger partial charge in [-0.2, -0.15) is 0 Å². The maximum absolute atomic E-state index is 5.11. The van der Waals surface area contributed by atoms with Crippen LogP contribution in [0.25, 0.3) is 10.9 Å².